The van der Waals surface area contributed by atoms with Gasteiger partial charge in [0.15, 0.2) is 6.10 Å². The van der Waals surface area contributed by atoms with Crippen LogP contribution in [-0.4, -0.2) is 54.0 Å². The third kappa shape index (κ3) is 3.18. The fraction of sp³-hybridized carbons (Fsp3) is 0.579. The van der Waals surface area contributed by atoms with Crippen molar-refractivity contribution < 1.29 is 14.3 Å². The van der Waals surface area contributed by atoms with Crippen molar-refractivity contribution in [3.8, 4) is 0 Å². The Hall–Kier alpha value is -1.88. The summed E-state index contributed by atoms with van der Waals surface area (Å²) in [4.78, 5) is 28.8. The molecule has 2 fully saturated rings. The van der Waals surface area contributed by atoms with Gasteiger partial charge in [0.05, 0.1) is 6.04 Å². The second-order valence-electron chi connectivity index (χ2n) is 6.97. The highest BCUT2D eigenvalue weighted by Crippen LogP contribution is 2.31. The summed E-state index contributed by atoms with van der Waals surface area (Å²) in [5.74, 6) is -0.0801. The molecule has 0 unspecified atom stereocenters. The van der Waals surface area contributed by atoms with Crippen molar-refractivity contribution in [3.63, 3.8) is 0 Å². The largest absolute Gasteiger partial charge is 0.356 e. The maximum Gasteiger partial charge on any atom is 0.254 e. The maximum atomic E-state index is 13.1. The fourth-order valence-corrected chi connectivity index (χ4v) is 3.67. The number of hydrogen-bond donors (Lipinski definition) is 0. The second-order valence-corrected chi connectivity index (χ2v) is 6.97. The number of likely N-dealkylation sites (tertiary alicyclic amines) is 1. The zero-order valence-corrected chi connectivity index (χ0v) is 14.7. The van der Waals surface area contributed by atoms with Gasteiger partial charge in [0.25, 0.3) is 5.91 Å². The Balaban J connectivity index is 1.89. The molecule has 1 aromatic carbocycles. The summed E-state index contributed by atoms with van der Waals surface area (Å²) >= 11 is 0. The molecule has 0 aromatic heterocycles. The van der Waals surface area contributed by atoms with E-state index in [0.29, 0.717) is 0 Å². The monoisotopic (exact) mass is 330 g/mol. The van der Waals surface area contributed by atoms with Gasteiger partial charge in [-0.2, -0.15) is 0 Å². The van der Waals surface area contributed by atoms with Crippen LogP contribution in [-0.2, 0) is 14.3 Å². The number of benzene rings is 1. The van der Waals surface area contributed by atoms with Crippen LogP contribution >= 0.6 is 0 Å². The summed E-state index contributed by atoms with van der Waals surface area (Å²) in [6.07, 6.45) is 2.60. The van der Waals surface area contributed by atoms with Crippen molar-refractivity contribution in [1.82, 2.24) is 9.80 Å². The fourth-order valence-electron chi connectivity index (χ4n) is 3.67. The number of carbonyl (C=O) groups is 2. The predicted octanol–water partition coefficient (Wildman–Crippen LogP) is 2.29. The molecule has 0 aliphatic carbocycles. The van der Waals surface area contributed by atoms with E-state index in [1.165, 1.54) is 0 Å². The second kappa shape index (κ2) is 6.93. The lowest BCUT2D eigenvalue weighted by Crippen LogP contribution is -2.56. The summed E-state index contributed by atoms with van der Waals surface area (Å²) in [7, 11) is 1.76. The molecule has 2 amide bonds. The number of aryl methyl sites for hydroxylation is 1. The van der Waals surface area contributed by atoms with Gasteiger partial charge in [-0.1, -0.05) is 29.8 Å². The van der Waals surface area contributed by atoms with Gasteiger partial charge in [-0.05, 0) is 38.7 Å². The van der Waals surface area contributed by atoms with Crippen LogP contribution < -0.4 is 0 Å². The van der Waals surface area contributed by atoms with Crippen LogP contribution in [0.4, 0.5) is 0 Å². The summed E-state index contributed by atoms with van der Waals surface area (Å²) in [6.45, 7) is 4.86. The molecule has 3 atom stereocenters. The Morgan fingerprint density at radius 2 is 1.92 bits per heavy atom. The quantitative estimate of drug-likeness (QED) is 0.836. The van der Waals surface area contributed by atoms with Crippen LogP contribution in [0.1, 0.15) is 43.4 Å². The van der Waals surface area contributed by atoms with Crippen LogP contribution in [0.2, 0.25) is 0 Å². The van der Waals surface area contributed by atoms with E-state index in [0.717, 1.165) is 36.9 Å². The van der Waals surface area contributed by atoms with E-state index >= 15 is 0 Å². The molecule has 24 heavy (non-hydrogen) atoms. The van der Waals surface area contributed by atoms with E-state index in [1.807, 2.05) is 36.1 Å². The molecule has 2 aliphatic rings. The average molecular weight is 330 g/mol. The van der Waals surface area contributed by atoms with Gasteiger partial charge >= 0.3 is 0 Å². The standard InChI is InChI=1S/C19H26N2O3/c1-13-7-9-15(10-8-13)17-18(24-12-16(22)20(17)3)19(23)21-11-5-4-6-14(21)2/h7-10,14,17-18H,4-6,11-12H2,1-3H3/t14-,17+,18+/m0/s1. The molecule has 2 aliphatic heterocycles. The molecule has 5 nitrogen and oxygen atoms in total. The SMILES string of the molecule is Cc1ccc([C@@H]2[C@H](C(=O)N3CCCC[C@@H]3C)OCC(=O)N2C)cc1. The van der Waals surface area contributed by atoms with E-state index in [2.05, 4.69) is 6.92 Å². The van der Waals surface area contributed by atoms with Crippen molar-refractivity contribution in [2.75, 3.05) is 20.2 Å². The van der Waals surface area contributed by atoms with Gasteiger partial charge < -0.3 is 14.5 Å². The van der Waals surface area contributed by atoms with Gasteiger partial charge in [-0.25, -0.2) is 0 Å². The first kappa shape index (κ1) is 17.0. The lowest BCUT2D eigenvalue weighted by atomic mass is 9.94. The Morgan fingerprint density at radius 1 is 1.21 bits per heavy atom. The van der Waals surface area contributed by atoms with Gasteiger partial charge in [0.2, 0.25) is 5.91 Å². The molecule has 3 rings (SSSR count). The Kier molecular flexibility index (Phi) is 4.90. The average Bonchev–Trinajstić information content (AvgIpc) is 2.58. The van der Waals surface area contributed by atoms with Crippen LogP contribution in [0, 0.1) is 6.92 Å². The molecular weight excluding hydrogens is 304 g/mol. The number of piperidine rings is 1. The smallest absolute Gasteiger partial charge is 0.254 e. The molecule has 5 heteroatoms. The van der Waals surface area contributed by atoms with Crippen molar-refractivity contribution in [2.24, 2.45) is 0 Å². The van der Waals surface area contributed by atoms with Crippen molar-refractivity contribution in [1.29, 1.82) is 0 Å². The Bertz CT molecular complexity index is 614. The molecule has 0 saturated carbocycles. The highest BCUT2D eigenvalue weighted by Gasteiger charge is 2.42. The van der Waals surface area contributed by atoms with E-state index in [1.54, 1.807) is 11.9 Å². The lowest BCUT2D eigenvalue weighted by Gasteiger charge is -2.42. The van der Waals surface area contributed by atoms with Gasteiger partial charge in [0, 0.05) is 19.6 Å². The summed E-state index contributed by atoms with van der Waals surface area (Å²) < 4.78 is 5.74. The molecular formula is C19H26N2O3. The molecule has 130 valence electrons. The topological polar surface area (TPSA) is 49.9 Å². The third-order valence-corrected chi connectivity index (χ3v) is 5.23. The number of hydrogen-bond acceptors (Lipinski definition) is 3. The van der Waals surface area contributed by atoms with Crippen LogP contribution in [0.5, 0.6) is 0 Å². The number of morpholine rings is 1. The first-order valence-corrected chi connectivity index (χ1v) is 8.73. The normalized spacial score (nSPS) is 28.1. The number of amides is 2. The summed E-state index contributed by atoms with van der Waals surface area (Å²) in [5.41, 5.74) is 2.09. The highest BCUT2D eigenvalue weighted by molar-refractivity contribution is 5.86. The number of carbonyl (C=O) groups excluding carboxylic acids is 2. The van der Waals surface area contributed by atoms with Gasteiger partial charge in [0.1, 0.15) is 6.61 Å². The third-order valence-electron chi connectivity index (χ3n) is 5.23. The highest BCUT2D eigenvalue weighted by atomic mass is 16.5. The van der Waals surface area contributed by atoms with E-state index in [4.69, 9.17) is 4.74 Å². The van der Waals surface area contributed by atoms with Crippen molar-refractivity contribution >= 4 is 11.8 Å². The van der Waals surface area contributed by atoms with Crippen LogP contribution in [0.3, 0.4) is 0 Å². The van der Waals surface area contributed by atoms with Gasteiger partial charge in [-0.15, -0.1) is 0 Å². The summed E-state index contributed by atoms with van der Waals surface area (Å²) in [5, 5.41) is 0. The van der Waals surface area contributed by atoms with Crippen molar-refractivity contribution in [2.45, 2.75) is 51.3 Å². The molecule has 2 heterocycles. The maximum absolute atomic E-state index is 13.1. The minimum Gasteiger partial charge on any atom is -0.356 e. The number of likely N-dealkylation sites (N-methyl/N-ethyl adjacent to an activating group) is 1. The van der Waals surface area contributed by atoms with Crippen molar-refractivity contribution in [3.05, 3.63) is 35.4 Å². The predicted molar refractivity (Wildman–Crippen MR) is 91.5 cm³/mol. The molecule has 0 bridgehead atoms. The van der Waals surface area contributed by atoms with E-state index in [-0.39, 0.29) is 30.5 Å². The minimum atomic E-state index is -0.629. The lowest BCUT2D eigenvalue weighted by molar-refractivity contribution is -0.169. The van der Waals surface area contributed by atoms with E-state index in [9.17, 15) is 9.59 Å². The Labute approximate surface area is 143 Å². The number of ether oxygens (including phenoxy) is 1. The molecule has 0 N–H and O–H groups in total. The molecule has 0 radical (unpaired) electrons. The molecule has 2 saturated heterocycles. The number of nitrogens with zero attached hydrogens (tertiary/aromatic N) is 2. The zero-order chi connectivity index (χ0) is 17.3. The zero-order valence-electron chi connectivity index (χ0n) is 14.7. The summed E-state index contributed by atoms with van der Waals surface area (Å²) in [6, 6.07) is 7.85. The Morgan fingerprint density at radius 3 is 2.58 bits per heavy atom. The van der Waals surface area contributed by atoms with Crippen LogP contribution in [0.25, 0.3) is 0 Å². The van der Waals surface area contributed by atoms with Crippen LogP contribution in [0.15, 0.2) is 24.3 Å². The first-order valence-electron chi connectivity index (χ1n) is 8.73. The molecule has 0 spiro atoms. The first-order chi connectivity index (χ1) is 11.5. The van der Waals surface area contributed by atoms with E-state index < -0.39 is 6.10 Å². The minimum absolute atomic E-state index is 0.00660. The molecule has 1 aromatic rings. The van der Waals surface area contributed by atoms with Gasteiger partial charge in [-0.3, -0.25) is 9.59 Å². The number of rotatable bonds is 2.